The number of nitrogens with two attached hydrogens (primary N) is 1. The molecule has 3 N–H and O–H groups in total. The molecule has 1 amide bonds. The Morgan fingerprint density at radius 2 is 1.79 bits per heavy atom. The molecule has 0 saturated carbocycles. The summed E-state index contributed by atoms with van der Waals surface area (Å²) in [6.07, 6.45) is 1.46. The average Bonchev–Trinajstić information content (AvgIpc) is 3.11. The van der Waals surface area contributed by atoms with Crippen LogP contribution in [0.1, 0.15) is 24.8 Å². The number of allylic oxidation sites excluding steroid dienone is 1. The quantitative estimate of drug-likeness (QED) is 0.682. The van der Waals surface area contributed by atoms with Gasteiger partial charge in [-0.05, 0) is 43.2 Å². The first-order valence-corrected chi connectivity index (χ1v) is 11.2. The van der Waals surface area contributed by atoms with Crippen molar-refractivity contribution in [3.05, 3.63) is 76.8 Å². The number of esters is 1. The van der Waals surface area contributed by atoms with Crippen molar-refractivity contribution in [3.8, 4) is 0 Å². The van der Waals surface area contributed by atoms with Crippen LogP contribution in [0, 0.1) is 0 Å². The van der Waals surface area contributed by atoms with Gasteiger partial charge in [-0.3, -0.25) is 14.5 Å². The summed E-state index contributed by atoms with van der Waals surface area (Å²) in [4.78, 5) is 44.3. The molecular weight excluding hydrogens is 432 g/mol. The number of carbonyl (C=O) groups is 3. The van der Waals surface area contributed by atoms with Crippen molar-refractivity contribution < 1.29 is 19.1 Å². The molecule has 0 radical (unpaired) electrons. The number of nitrogens with one attached hydrogen (secondary N) is 1. The molecule has 1 atom stereocenters. The molecule has 8 nitrogen and oxygen atoms in total. The van der Waals surface area contributed by atoms with E-state index in [1.54, 1.807) is 29.2 Å². The SMILES string of the molecule is COC(=O)C1=C(N)N(c2ccc(N(C)C)cc2)C2=C(C(=O)CCC2)C12C(=O)Nc1ccccc12. The number of carbonyl (C=O) groups excluding carboxylic acids is 3. The van der Waals surface area contributed by atoms with E-state index in [0.717, 1.165) is 5.69 Å². The van der Waals surface area contributed by atoms with Crippen LogP contribution < -0.4 is 20.9 Å². The van der Waals surface area contributed by atoms with Gasteiger partial charge in [0.1, 0.15) is 16.8 Å². The van der Waals surface area contributed by atoms with Gasteiger partial charge in [-0.25, -0.2) is 4.79 Å². The number of ketones is 1. The van der Waals surface area contributed by atoms with Crippen molar-refractivity contribution >= 4 is 34.7 Å². The zero-order valence-electron chi connectivity index (χ0n) is 19.3. The molecule has 0 aromatic heterocycles. The van der Waals surface area contributed by atoms with Gasteiger partial charge in [-0.2, -0.15) is 0 Å². The summed E-state index contributed by atoms with van der Waals surface area (Å²) >= 11 is 0. The van der Waals surface area contributed by atoms with Crippen LogP contribution in [0.5, 0.6) is 0 Å². The van der Waals surface area contributed by atoms with Gasteiger partial charge in [0, 0.05) is 54.4 Å². The van der Waals surface area contributed by atoms with Crippen LogP contribution in [-0.2, 0) is 24.5 Å². The molecule has 0 saturated heterocycles. The second-order valence-electron chi connectivity index (χ2n) is 8.85. The predicted octanol–water partition coefficient (Wildman–Crippen LogP) is 2.81. The van der Waals surface area contributed by atoms with E-state index >= 15 is 0 Å². The van der Waals surface area contributed by atoms with Gasteiger partial charge in [0.05, 0.1) is 7.11 Å². The molecule has 2 aromatic carbocycles. The summed E-state index contributed by atoms with van der Waals surface area (Å²) in [6.45, 7) is 0. The first-order chi connectivity index (χ1) is 16.3. The fraction of sp³-hybridized carbons (Fsp3) is 0.269. The molecule has 5 rings (SSSR count). The lowest BCUT2D eigenvalue weighted by molar-refractivity contribution is -0.138. The number of benzene rings is 2. The van der Waals surface area contributed by atoms with Crippen LogP contribution in [0.15, 0.2) is 71.2 Å². The first-order valence-electron chi connectivity index (χ1n) is 11.2. The van der Waals surface area contributed by atoms with Crippen molar-refractivity contribution in [1.29, 1.82) is 0 Å². The molecule has 0 fully saturated rings. The van der Waals surface area contributed by atoms with Crippen LogP contribution in [0.3, 0.4) is 0 Å². The van der Waals surface area contributed by atoms with Gasteiger partial charge in [0.25, 0.3) is 0 Å². The number of amides is 1. The van der Waals surface area contributed by atoms with E-state index in [1.165, 1.54) is 7.11 Å². The molecule has 34 heavy (non-hydrogen) atoms. The summed E-state index contributed by atoms with van der Waals surface area (Å²) in [5, 5.41) is 2.87. The number of methoxy groups -OCH3 is 1. The molecule has 2 aromatic rings. The predicted molar refractivity (Wildman–Crippen MR) is 129 cm³/mol. The van der Waals surface area contributed by atoms with Crippen molar-refractivity contribution in [2.45, 2.75) is 24.7 Å². The second-order valence-corrected chi connectivity index (χ2v) is 8.85. The monoisotopic (exact) mass is 458 g/mol. The zero-order chi connectivity index (χ0) is 24.2. The molecule has 2 heterocycles. The molecule has 8 heteroatoms. The van der Waals surface area contributed by atoms with Crippen molar-refractivity contribution in [3.63, 3.8) is 0 Å². The topological polar surface area (TPSA) is 105 Å². The molecule has 174 valence electrons. The van der Waals surface area contributed by atoms with Crippen molar-refractivity contribution in [1.82, 2.24) is 0 Å². The highest BCUT2D eigenvalue weighted by Crippen LogP contribution is 2.55. The highest BCUT2D eigenvalue weighted by molar-refractivity contribution is 6.23. The number of hydrogen-bond donors (Lipinski definition) is 2. The van der Waals surface area contributed by atoms with E-state index in [0.29, 0.717) is 41.1 Å². The Kier molecular flexibility index (Phi) is 4.97. The van der Waals surface area contributed by atoms with Crippen molar-refractivity contribution in [2.24, 2.45) is 5.73 Å². The first kappa shape index (κ1) is 21.8. The fourth-order valence-corrected chi connectivity index (χ4v) is 5.36. The molecule has 1 spiro atoms. The van der Waals surface area contributed by atoms with E-state index in [4.69, 9.17) is 10.5 Å². The number of anilines is 3. The largest absolute Gasteiger partial charge is 0.466 e. The number of fused-ring (bicyclic) bond motifs is 3. The van der Waals surface area contributed by atoms with Gasteiger partial charge in [-0.1, -0.05) is 18.2 Å². The van der Waals surface area contributed by atoms with Gasteiger partial charge >= 0.3 is 5.97 Å². The Balaban J connectivity index is 1.85. The maximum atomic E-state index is 13.7. The van der Waals surface area contributed by atoms with E-state index < -0.39 is 17.3 Å². The third-order valence-electron chi connectivity index (χ3n) is 6.84. The highest BCUT2D eigenvalue weighted by Gasteiger charge is 2.61. The summed E-state index contributed by atoms with van der Waals surface area (Å²) in [5.41, 5.74) is 8.76. The Morgan fingerprint density at radius 1 is 1.09 bits per heavy atom. The normalized spacial score (nSPS) is 21.4. The lowest BCUT2D eigenvalue weighted by atomic mass is 9.63. The summed E-state index contributed by atoms with van der Waals surface area (Å²) < 4.78 is 5.14. The van der Waals surface area contributed by atoms with Crippen molar-refractivity contribution in [2.75, 3.05) is 36.3 Å². The van der Waals surface area contributed by atoms with Gasteiger partial charge in [0.2, 0.25) is 5.91 Å². The smallest absolute Gasteiger partial charge is 0.339 e. The Hall–Kier alpha value is -4.07. The minimum absolute atomic E-state index is 0.0388. The number of ether oxygens (including phenoxy) is 1. The average molecular weight is 459 g/mol. The minimum Gasteiger partial charge on any atom is -0.466 e. The molecule has 3 aliphatic rings. The Labute approximate surface area is 197 Å². The third-order valence-corrected chi connectivity index (χ3v) is 6.84. The number of hydrogen-bond acceptors (Lipinski definition) is 7. The lowest BCUT2D eigenvalue weighted by Gasteiger charge is -2.44. The van der Waals surface area contributed by atoms with Gasteiger partial charge in [-0.15, -0.1) is 0 Å². The van der Waals surface area contributed by atoms with E-state index in [9.17, 15) is 14.4 Å². The van der Waals surface area contributed by atoms with E-state index in [1.807, 2.05) is 43.3 Å². The standard InChI is InChI=1S/C26H26N4O4/c1-29(2)15-11-13-16(14-12-15)30-19-9-6-10-20(31)21(19)26(22(23(30)27)24(32)34-3)17-7-4-5-8-18(17)28-25(26)33/h4-5,7-8,11-14H,6,9-10,27H2,1-3H3,(H,28,33). The summed E-state index contributed by atoms with van der Waals surface area (Å²) in [5.74, 6) is -1.30. The van der Waals surface area contributed by atoms with E-state index in [2.05, 4.69) is 5.32 Å². The van der Waals surface area contributed by atoms with Crippen LogP contribution in [-0.4, -0.2) is 38.9 Å². The zero-order valence-corrected chi connectivity index (χ0v) is 19.3. The summed E-state index contributed by atoms with van der Waals surface area (Å²) in [6, 6.07) is 14.8. The lowest BCUT2D eigenvalue weighted by Crippen LogP contribution is -2.53. The number of rotatable bonds is 3. The molecule has 2 aliphatic heterocycles. The van der Waals surface area contributed by atoms with Crippen LogP contribution in [0.25, 0.3) is 0 Å². The fourth-order valence-electron chi connectivity index (χ4n) is 5.36. The molecule has 0 bridgehead atoms. The number of Topliss-reactive ketones (excluding diaryl/α,β-unsaturated/α-hetero) is 1. The van der Waals surface area contributed by atoms with Crippen LogP contribution in [0.2, 0.25) is 0 Å². The molecular formula is C26H26N4O4. The maximum Gasteiger partial charge on any atom is 0.339 e. The minimum atomic E-state index is -1.65. The summed E-state index contributed by atoms with van der Waals surface area (Å²) in [7, 11) is 5.14. The molecule has 1 unspecified atom stereocenters. The Bertz CT molecular complexity index is 1290. The number of nitrogens with zero attached hydrogens (tertiary/aromatic N) is 2. The third kappa shape index (κ3) is 2.81. The maximum absolute atomic E-state index is 13.7. The van der Waals surface area contributed by atoms with E-state index in [-0.39, 0.29) is 23.6 Å². The second kappa shape index (κ2) is 7.76. The Morgan fingerprint density at radius 3 is 2.47 bits per heavy atom. The van der Waals surface area contributed by atoms with Gasteiger partial charge in [0.15, 0.2) is 5.78 Å². The van der Waals surface area contributed by atoms with Crippen LogP contribution in [0.4, 0.5) is 17.1 Å². The molecule has 1 aliphatic carbocycles. The van der Waals surface area contributed by atoms with Gasteiger partial charge < -0.3 is 20.7 Å². The number of para-hydroxylation sites is 1. The highest BCUT2D eigenvalue weighted by atomic mass is 16.5. The van der Waals surface area contributed by atoms with Crippen LogP contribution >= 0.6 is 0 Å².